The zero-order valence-electron chi connectivity index (χ0n) is 10.9. The number of thiazole rings is 1. The van der Waals surface area contributed by atoms with Gasteiger partial charge < -0.3 is 14.8 Å². The zero-order chi connectivity index (χ0) is 13.9. The van der Waals surface area contributed by atoms with Crippen LogP contribution in [0.3, 0.4) is 0 Å². The van der Waals surface area contributed by atoms with Crippen LogP contribution in [0.5, 0.6) is 0 Å². The van der Waals surface area contributed by atoms with Crippen molar-refractivity contribution < 1.29 is 14.3 Å². The van der Waals surface area contributed by atoms with Crippen molar-refractivity contribution in [2.45, 2.75) is 37.8 Å². The molecule has 1 aliphatic carbocycles. The molecule has 6 heteroatoms. The molecule has 3 rings (SSSR count). The standard InChI is InChI=1S/C14H16N2O3S/c17-11-5-2-1-4-9(11)15-13(18)10-8-20-14(16-10)12-6-3-7-19-12/h3,6-9,11,17H,1-2,4-5H2,(H,15,18). The van der Waals surface area contributed by atoms with Crippen molar-refractivity contribution in [3.63, 3.8) is 0 Å². The van der Waals surface area contributed by atoms with E-state index in [1.165, 1.54) is 11.3 Å². The lowest BCUT2D eigenvalue weighted by molar-refractivity contribution is 0.0714. The average Bonchev–Trinajstić information content (AvgIpc) is 3.11. The summed E-state index contributed by atoms with van der Waals surface area (Å²) in [5.41, 5.74) is 0.374. The zero-order valence-corrected chi connectivity index (χ0v) is 11.7. The summed E-state index contributed by atoms with van der Waals surface area (Å²) in [6.45, 7) is 0. The minimum absolute atomic E-state index is 0.162. The molecule has 0 radical (unpaired) electrons. The number of nitrogens with zero attached hydrogens (tertiary/aromatic N) is 1. The van der Waals surface area contributed by atoms with E-state index in [1.807, 2.05) is 6.07 Å². The van der Waals surface area contributed by atoms with Crippen LogP contribution in [0, 0.1) is 0 Å². The molecule has 20 heavy (non-hydrogen) atoms. The van der Waals surface area contributed by atoms with Crippen molar-refractivity contribution in [3.05, 3.63) is 29.5 Å². The molecule has 0 aliphatic heterocycles. The van der Waals surface area contributed by atoms with E-state index in [1.54, 1.807) is 17.7 Å². The summed E-state index contributed by atoms with van der Waals surface area (Å²) in [5, 5.41) is 15.1. The first-order valence-electron chi connectivity index (χ1n) is 6.72. The number of nitrogens with one attached hydrogen (secondary N) is 1. The minimum Gasteiger partial charge on any atom is -0.462 e. The molecule has 5 nitrogen and oxygen atoms in total. The van der Waals surface area contributed by atoms with Crippen molar-refractivity contribution >= 4 is 17.2 Å². The summed E-state index contributed by atoms with van der Waals surface area (Å²) in [4.78, 5) is 16.4. The third-order valence-corrected chi connectivity index (χ3v) is 4.37. The third-order valence-electron chi connectivity index (χ3n) is 3.51. The van der Waals surface area contributed by atoms with Crippen molar-refractivity contribution in [1.82, 2.24) is 10.3 Å². The van der Waals surface area contributed by atoms with E-state index < -0.39 is 6.10 Å². The summed E-state index contributed by atoms with van der Waals surface area (Å²) in [6, 6.07) is 3.44. The summed E-state index contributed by atoms with van der Waals surface area (Å²) in [5.74, 6) is 0.428. The van der Waals surface area contributed by atoms with Crippen LogP contribution in [-0.4, -0.2) is 28.1 Å². The van der Waals surface area contributed by atoms with Crippen molar-refractivity contribution in [1.29, 1.82) is 0 Å². The number of hydrogen-bond donors (Lipinski definition) is 2. The molecule has 0 aromatic carbocycles. The number of amides is 1. The van der Waals surface area contributed by atoms with Crippen molar-refractivity contribution in [2.24, 2.45) is 0 Å². The lowest BCUT2D eigenvalue weighted by atomic mass is 9.92. The second kappa shape index (κ2) is 5.76. The molecule has 1 aliphatic rings. The Morgan fingerprint density at radius 3 is 3.05 bits per heavy atom. The molecule has 106 valence electrons. The predicted molar refractivity (Wildman–Crippen MR) is 75.5 cm³/mol. The predicted octanol–water partition coefficient (Wildman–Crippen LogP) is 2.44. The highest BCUT2D eigenvalue weighted by atomic mass is 32.1. The lowest BCUT2D eigenvalue weighted by Gasteiger charge is -2.27. The van der Waals surface area contributed by atoms with Gasteiger partial charge in [-0.25, -0.2) is 4.98 Å². The molecule has 2 unspecified atom stereocenters. The number of aliphatic hydroxyl groups excluding tert-OH is 1. The Labute approximate surface area is 120 Å². The summed E-state index contributed by atoms with van der Waals surface area (Å²) >= 11 is 1.37. The van der Waals surface area contributed by atoms with Gasteiger partial charge >= 0.3 is 0 Å². The summed E-state index contributed by atoms with van der Waals surface area (Å²) < 4.78 is 5.26. The topological polar surface area (TPSA) is 75.4 Å². The fourth-order valence-corrected chi connectivity index (χ4v) is 3.18. The van der Waals surface area contributed by atoms with Crippen LogP contribution in [0.1, 0.15) is 36.2 Å². The average molecular weight is 292 g/mol. The van der Waals surface area contributed by atoms with Crippen molar-refractivity contribution in [3.8, 4) is 10.8 Å². The van der Waals surface area contributed by atoms with E-state index in [-0.39, 0.29) is 11.9 Å². The van der Waals surface area contributed by atoms with Gasteiger partial charge in [0.2, 0.25) is 0 Å². The fourth-order valence-electron chi connectivity index (χ4n) is 2.41. The number of aromatic nitrogens is 1. The molecule has 1 saturated carbocycles. The number of carbonyl (C=O) groups excluding carboxylic acids is 1. The monoisotopic (exact) mass is 292 g/mol. The Kier molecular flexibility index (Phi) is 3.84. The maximum absolute atomic E-state index is 12.1. The first-order valence-corrected chi connectivity index (χ1v) is 7.60. The Morgan fingerprint density at radius 2 is 2.30 bits per heavy atom. The Balaban J connectivity index is 1.68. The normalized spacial score (nSPS) is 22.6. The molecule has 0 bridgehead atoms. The van der Waals surface area contributed by atoms with Crippen LogP contribution in [0.15, 0.2) is 28.2 Å². The number of hydrogen-bond acceptors (Lipinski definition) is 5. The van der Waals surface area contributed by atoms with Crippen molar-refractivity contribution in [2.75, 3.05) is 0 Å². The Hall–Kier alpha value is -1.66. The van der Waals surface area contributed by atoms with Crippen LogP contribution >= 0.6 is 11.3 Å². The number of furan rings is 1. The van der Waals surface area contributed by atoms with E-state index in [2.05, 4.69) is 10.3 Å². The SMILES string of the molecule is O=C(NC1CCCCC1O)c1csc(-c2ccco2)n1. The second-order valence-electron chi connectivity index (χ2n) is 4.95. The molecule has 2 aromatic rings. The third kappa shape index (κ3) is 2.76. The van der Waals surface area contributed by atoms with Gasteiger partial charge in [0.1, 0.15) is 5.69 Å². The maximum Gasteiger partial charge on any atom is 0.271 e. The largest absolute Gasteiger partial charge is 0.462 e. The van der Waals surface area contributed by atoms with Gasteiger partial charge in [0.15, 0.2) is 10.8 Å². The molecular formula is C14H16N2O3S. The Bertz CT molecular complexity index is 579. The van der Waals surface area contributed by atoms with Crippen LogP contribution < -0.4 is 5.32 Å². The van der Waals surface area contributed by atoms with E-state index in [4.69, 9.17) is 4.42 Å². The molecular weight excluding hydrogens is 276 g/mol. The van der Waals surface area contributed by atoms with E-state index in [9.17, 15) is 9.90 Å². The molecule has 2 aromatic heterocycles. The molecule has 1 amide bonds. The van der Waals surface area contributed by atoms with Crippen LogP contribution in [0.25, 0.3) is 10.8 Å². The van der Waals surface area contributed by atoms with E-state index >= 15 is 0 Å². The molecule has 2 heterocycles. The van der Waals surface area contributed by atoms with Gasteiger partial charge in [-0.2, -0.15) is 0 Å². The number of carbonyl (C=O) groups is 1. The molecule has 1 fully saturated rings. The van der Waals surface area contributed by atoms with E-state index in [0.29, 0.717) is 16.5 Å². The van der Waals surface area contributed by atoms with Crippen LogP contribution in [-0.2, 0) is 0 Å². The first-order chi connectivity index (χ1) is 9.74. The summed E-state index contributed by atoms with van der Waals surface area (Å²) in [6.07, 6.45) is 4.76. The van der Waals surface area contributed by atoms with E-state index in [0.717, 1.165) is 25.7 Å². The van der Waals surface area contributed by atoms with Gasteiger partial charge in [-0.3, -0.25) is 4.79 Å². The maximum atomic E-state index is 12.1. The quantitative estimate of drug-likeness (QED) is 0.911. The lowest BCUT2D eigenvalue weighted by Crippen LogP contribution is -2.45. The van der Waals surface area contributed by atoms with Gasteiger partial charge in [-0.1, -0.05) is 12.8 Å². The van der Waals surface area contributed by atoms with Gasteiger partial charge in [0, 0.05) is 5.38 Å². The molecule has 0 saturated heterocycles. The number of aliphatic hydroxyl groups is 1. The first kappa shape index (κ1) is 13.3. The smallest absolute Gasteiger partial charge is 0.271 e. The molecule has 2 atom stereocenters. The molecule has 0 spiro atoms. The highest BCUT2D eigenvalue weighted by molar-refractivity contribution is 7.13. The van der Waals surface area contributed by atoms with Gasteiger partial charge in [0.05, 0.1) is 18.4 Å². The molecule has 2 N–H and O–H groups in total. The number of rotatable bonds is 3. The minimum atomic E-state index is -0.448. The van der Waals surface area contributed by atoms with Gasteiger partial charge in [-0.05, 0) is 25.0 Å². The highest BCUT2D eigenvalue weighted by Gasteiger charge is 2.25. The fraction of sp³-hybridized carbons (Fsp3) is 0.429. The van der Waals surface area contributed by atoms with Crippen LogP contribution in [0.4, 0.5) is 0 Å². The van der Waals surface area contributed by atoms with Gasteiger partial charge in [0.25, 0.3) is 5.91 Å². The summed E-state index contributed by atoms with van der Waals surface area (Å²) in [7, 11) is 0. The highest BCUT2D eigenvalue weighted by Crippen LogP contribution is 2.24. The Morgan fingerprint density at radius 1 is 1.45 bits per heavy atom. The second-order valence-corrected chi connectivity index (χ2v) is 5.81. The van der Waals surface area contributed by atoms with Gasteiger partial charge in [-0.15, -0.1) is 11.3 Å². The van der Waals surface area contributed by atoms with Crippen LogP contribution in [0.2, 0.25) is 0 Å².